The molecular formula is C20H24N4O3. The standard InChI is InChI=1S/C20H24N4O3/c1-3-27-19(26)15-10-6-7-11-16(15)23-20-21-13(2)12-17(24-20)18(25)22-14-8-4-5-9-14/h6-7,10-12,14H,3-5,8-9H2,1-2H3,(H,22,25)(H,21,23,24). The second kappa shape index (κ2) is 8.62. The fourth-order valence-corrected chi connectivity index (χ4v) is 3.17. The SMILES string of the molecule is CCOC(=O)c1ccccc1Nc1nc(C)cc(C(=O)NC2CCCC2)n1. The van der Waals surface area contributed by atoms with Crippen molar-refractivity contribution in [3.8, 4) is 0 Å². The quantitative estimate of drug-likeness (QED) is 0.759. The molecule has 0 unspecified atom stereocenters. The van der Waals surface area contributed by atoms with Crippen molar-refractivity contribution in [3.05, 3.63) is 47.3 Å². The van der Waals surface area contributed by atoms with Crippen LogP contribution in [0.5, 0.6) is 0 Å². The van der Waals surface area contributed by atoms with Gasteiger partial charge in [-0.25, -0.2) is 14.8 Å². The van der Waals surface area contributed by atoms with Gasteiger partial charge < -0.3 is 15.4 Å². The number of ether oxygens (including phenoxy) is 1. The van der Waals surface area contributed by atoms with Crippen molar-refractivity contribution in [2.24, 2.45) is 0 Å². The van der Waals surface area contributed by atoms with E-state index in [2.05, 4.69) is 20.6 Å². The second-order valence-electron chi connectivity index (χ2n) is 6.56. The number of anilines is 2. The lowest BCUT2D eigenvalue weighted by molar-refractivity contribution is 0.0527. The third kappa shape index (κ3) is 4.81. The summed E-state index contributed by atoms with van der Waals surface area (Å²) < 4.78 is 5.08. The van der Waals surface area contributed by atoms with Gasteiger partial charge in [0.15, 0.2) is 0 Å². The molecule has 2 aromatic rings. The summed E-state index contributed by atoms with van der Waals surface area (Å²) in [4.78, 5) is 33.3. The lowest BCUT2D eigenvalue weighted by Gasteiger charge is -2.13. The van der Waals surface area contributed by atoms with Gasteiger partial charge in [-0.05, 0) is 44.9 Å². The maximum Gasteiger partial charge on any atom is 0.340 e. The zero-order valence-corrected chi connectivity index (χ0v) is 15.6. The molecule has 27 heavy (non-hydrogen) atoms. The van der Waals surface area contributed by atoms with Gasteiger partial charge >= 0.3 is 5.97 Å². The van der Waals surface area contributed by atoms with Crippen LogP contribution in [0.25, 0.3) is 0 Å². The Labute approximate surface area is 158 Å². The van der Waals surface area contributed by atoms with Crippen molar-refractivity contribution < 1.29 is 14.3 Å². The van der Waals surface area contributed by atoms with Crippen LogP contribution in [0, 0.1) is 6.92 Å². The minimum absolute atomic E-state index is 0.200. The van der Waals surface area contributed by atoms with Crippen LogP contribution in [-0.2, 0) is 4.74 Å². The van der Waals surface area contributed by atoms with Crippen LogP contribution in [0.1, 0.15) is 59.1 Å². The minimum atomic E-state index is -0.424. The molecule has 1 aromatic heterocycles. The Balaban J connectivity index is 1.81. The van der Waals surface area contributed by atoms with Gasteiger partial charge in [-0.1, -0.05) is 25.0 Å². The molecule has 7 heteroatoms. The van der Waals surface area contributed by atoms with Crippen LogP contribution in [0.4, 0.5) is 11.6 Å². The summed E-state index contributed by atoms with van der Waals surface area (Å²) in [6.45, 7) is 3.85. The van der Waals surface area contributed by atoms with Gasteiger partial charge in [0.05, 0.1) is 17.9 Å². The first-order valence-corrected chi connectivity index (χ1v) is 9.26. The van der Waals surface area contributed by atoms with Gasteiger partial charge in [0.1, 0.15) is 5.69 Å². The van der Waals surface area contributed by atoms with Gasteiger partial charge in [-0.2, -0.15) is 0 Å². The summed E-state index contributed by atoms with van der Waals surface area (Å²) >= 11 is 0. The number of rotatable bonds is 6. The minimum Gasteiger partial charge on any atom is -0.462 e. The molecule has 1 fully saturated rings. The molecule has 0 radical (unpaired) electrons. The van der Waals surface area contributed by atoms with Gasteiger partial charge in [0, 0.05) is 11.7 Å². The fourth-order valence-electron chi connectivity index (χ4n) is 3.17. The smallest absolute Gasteiger partial charge is 0.340 e. The van der Waals surface area contributed by atoms with Crippen molar-refractivity contribution in [1.29, 1.82) is 0 Å². The number of hydrogen-bond acceptors (Lipinski definition) is 6. The maximum absolute atomic E-state index is 12.5. The summed E-state index contributed by atoms with van der Waals surface area (Å²) in [6.07, 6.45) is 4.30. The number of nitrogens with zero attached hydrogens (tertiary/aromatic N) is 2. The van der Waals surface area contributed by atoms with E-state index in [1.165, 1.54) is 0 Å². The Kier molecular flexibility index (Phi) is 6.01. The number of esters is 1. The molecule has 2 N–H and O–H groups in total. The largest absolute Gasteiger partial charge is 0.462 e. The van der Waals surface area contributed by atoms with E-state index in [1.807, 2.05) is 0 Å². The van der Waals surface area contributed by atoms with E-state index < -0.39 is 5.97 Å². The highest BCUT2D eigenvalue weighted by molar-refractivity contribution is 5.96. The first kappa shape index (κ1) is 18.8. The summed E-state index contributed by atoms with van der Waals surface area (Å²) in [5, 5.41) is 6.07. The molecule has 1 heterocycles. The van der Waals surface area contributed by atoms with Crippen LogP contribution in [-0.4, -0.2) is 34.5 Å². The van der Waals surface area contributed by atoms with Crippen molar-refractivity contribution >= 4 is 23.5 Å². The molecule has 0 atom stereocenters. The summed E-state index contributed by atoms with van der Waals surface area (Å²) in [5.74, 6) is -0.357. The van der Waals surface area contributed by atoms with Crippen LogP contribution in [0.15, 0.2) is 30.3 Å². The number of carbonyl (C=O) groups excluding carboxylic acids is 2. The molecule has 1 saturated carbocycles. The molecule has 1 aromatic carbocycles. The van der Waals surface area contributed by atoms with Crippen molar-refractivity contribution in [1.82, 2.24) is 15.3 Å². The number of benzene rings is 1. The Morgan fingerprint density at radius 1 is 1.19 bits per heavy atom. The van der Waals surface area contributed by atoms with Crippen molar-refractivity contribution in [2.75, 3.05) is 11.9 Å². The number of para-hydroxylation sites is 1. The topological polar surface area (TPSA) is 93.2 Å². The average Bonchev–Trinajstić information content (AvgIpc) is 3.15. The molecule has 0 spiro atoms. The third-order valence-corrected chi connectivity index (χ3v) is 4.45. The molecule has 7 nitrogen and oxygen atoms in total. The highest BCUT2D eigenvalue weighted by Crippen LogP contribution is 2.21. The van der Waals surface area contributed by atoms with Gasteiger partial charge in [-0.15, -0.1) is 0 Å². The molecule has 0 saturated heterocycles. The van der Waals surface area contributed by atoms with Crippen molar-refractivity contribution in [2.45, 2.75) is 45.6 Å². The summed E-state index contributed by atoms with van der Waals surface area (Å²) in [5.41, 5.74) is 1.90. The highest BCUT2D eigenvalue weighted by atomic mass is 16.5. The highest BCUT2D eigenvalue weighted by Gasteiger charge is 2.20. The van der Waals surface area contributed by atoms with Crippen LogP contribution in [0.3, 0.4) is 0 Å². The molecule has 1 aliphatic carbocycles. The Morgan fingerprint density at radius 3 is 2.67 bits per heavy atom. The molecule has 0 aliphatic heterocycles. The number of carbonyl (C=O) groups is 2. The molecule has 142 valence electrons. The second-order valence-corrected chi connectivity index (χ2v) is 6.56. The van der Waals surface area contributed by atoms with E-state index in [-0.39, 0.29) is 17.9 Å². The fraction of sp³-hybridized carbons (Fsp3) is 0.400. The lowest BCUT2D eigenvalue weighted by atomic mass is 10.2. The number of hydrogen-bond donors (Lipinski definition) is 2. The first-order chi connectivity index (χ1) is 13.1. The maximum atomic E-state index is 12.5. The number of amides is 1. The zero-order chi connectivity index (χ0) is 19.2. The zero-order valence-electron chi connectivity index (χ0n) is 15.6. The van der Waals surface area contributed by atoms with Gasteiger partial charge in [0.2, 0.25) is 5.95 Å². The first-order valence-electron chi connectivity index (χ1n) is 9.26. The number of nitrogens with one attached hydrogen (secondary N) is 2. The third-order valence-electron chi connectivity index (χ3n) is 4.45. The average molecular weight is 368 g/mol. The van der Waals surface area contributed by atoms with E-state index in [4.69, 9.17) is 4.74 Å². The van der Waals surface area contributed by atoms with E-state index >= 15 is 0 Å². The predicted octanol–water partition coefficient (Wildman–Crippen LogP) is 3.38. The number of aryl methyl sites for hydroxylation is 1. The van der Waals surface area contributed by atoms with Crippen LogP contribution < -0.4 is 10.6 Å². The van der Waals surface area contributed by atoms with E-state index in [0.29, 0.717) is 29.2 Å². The normalized spacial score (nSPS) is 14.0. The predicted molar refractivity (Wildman–Crippen MR) is 102 cm³/mol. The number of aromatic nitrogens is 2. The Hall–Kier alpha value is -2.96. The Bertz CT molecular complexity index is 832. The molecular weight excluding hydrogens is 344 g/mol. The monoisotopic (exact) mass is 368 g/mol. The Morgan fingerprint density at radius 2 is 1.93 bits per heavy atom. The molecule has 1 aliphatic rings. The van der Waals surface area contributed by atoms with E-state index in [9.17, 15) is 9.59 Å². The van der Waals surface area contributed by atoms with E-state index in [1.54, 1.807) is 44.2 Å². The van der Waals surface area contributed by atoms with Gasteiger partial charge in [0.25, 0.3) is 5.91 Å². The molecule has 1 amide bonds. The molecule has 3 rings (SSSR count). The molecule has 0 bridgehead atoms. The lowest BCUT2D eigenvalue weighted by Crippen LogP contribution is -2.33. The summed E-state index contributed by atoms with van der Waals surface area (Å²) in [6, 6.07) is 8.85. The van der Waals surface area contributed by atoms with Crippen LogP contribution in [0.2, 0.25) is 0 Å². The summed E-state index contributed by atoms with van der Waals surface area (Å²) in [7, 11) is 0. The van der Waals surface area contributed by atoms with Gasteiger partial charge in [-0.3, -0.25) is 4.79 Å². The van der Waals surface area contributed by atoms with Crippen LogP contribution >= 0.6 is 0 Å². The van der Waals surface area contributed by atoms with E-state index in [0.717, 1.165) is 25.7 Å². The van der Waals surface area contributed by atoms with Crippen molar-refractivity contribution in [3.63, 3.8) is 0 Å².